The normalized spacial score (nSPS) is 22.4. The summed E-state index contributed by atoms with van der Waals surface area (Å²) in [4.78, 5) is 11.8. The Morgan fingerprint density at radius 1 is 1.35 bits per heavy atom. The first kappa shape index (κ1) is 15.0. The molecule has 2 atom stereocenters. The van der Waals surface area contributed by atoms with Crippen LogP contribution >= 0.6 is 0 Å². The predicted molar refractivity (Wildman–Crippen MR) is 78.1 cm³/mol. The van der Waals surface area contributed by atoms with E-state index in [0.29, 0.717) is 6.42 Å². The van der Waals surface area contributed by atoms with Crippen molar-refractivity contribution in [2.45, 2.75) is 25.4 Å². The Morgan fingerprint density at radius 2 is 2.05 bits per heavy atom. The molecule has 1 aliphatic heterocycles. The second-order valence-corrected chi connectivity index (χ2v) is 7.41. The molecule has 1 aliphatic rings. The van der Waals surface area contributed by atoms with Gasteiger partial charge in [-0.15, -0.1) is 0 Å². The second kappa shape index (κ2) is 6.37. The number of benzene rings is 1. The Labute approximate surface area is 119 Å². The summed E-state index contributed by atoms with van der Waals surface area (Å²) in [5.74, 6) is 0.229. The Kier molecular flexibility index (Phi) is 4.77. The molecule has 1 heterocycles. The molecular weight excluding hydrogens is 276 g/mol. The van der Waals surface area contributed by atoms with Crippen LogP contribution in [0.3, 0.4) is 0 Å². The molecule has 1 saturated heterocycles. The first-order chi connectivity index (χ1) is 9.46. The van der Waals surface area contributed by atoms with Crippen LogP contribution in [0.2, 0.25) is 0 Å². The minimum atomic E-state index is -2.90. The number of sulfone groups is 1. The zero-order chi connectivity index (χ0) is 14.6. The molecule has 1 aromatic rings. The van der Waals surface area contributed by atoms with Crippen molar-refractivity contribution in [3.8, 4) is 0 Å². The maximum absolute atomic E-state index is 11.8. The number of carbonyl (C=O) groups excluding carboxylic acids is 1. The lowest BCUT2D eigenvalue weighted by Crippen LogP contribution is -2.40. The van der Waals surface area contributed by atoms with Crippen LogP contribution in [-0.2, 0) is 14.6 Å². The van der Waals surface area contributed by atoms with E-state index >= 15 is 0 Å². The molecule has 0 aliphatic carbocycles. The van der Waals surface area contributed by atoms with Crippen molar-refractivity contribution in [2.24, 2.45) is 0 Å². The van der Waals surface area contributed by atoms with Gasteiger partial charge in [-0.05, 0) is 18.9 Å². The molecule has 1 aromatic carbocycles. The van der Waals surface area contributed by atoms with E-state index in [2.05, 4.69) is 10.6 Å². The zero-order valence-corrected chi connectivity index (χ0v) is 12.3. The highest BCUT2D eigenvalue weighted by Gasteiger charge is 2.27. The van der Waals surface area contributed by atoms with Crippen LogP contribution in [-0.4, -0.2) is 38.4 Å². The molecule has 0 spiro atoms. The SMILES string of the molecule is CC(NC(=O)CNC1CCS(=O)(=O)C1)c1ccccc1. The summed E-state index contributed by atoms with van der Waals surface area (Å²) in [6.45, 7) is 2.07. The number of amides is 1. The van der Waals surface area contributed by atoms with Gasteiger partial charge >= 0.3 is 0 Å². The standard InChI is InChI=1S/C14H20N2O3S/c1-11(12-5-3-2-4-6-12)16-14(17)9-15-13-7-8-20(18,19)10-13/h2-6,11,13,15H,7-10H2,1H3,(H,16,17). The highest BCUT2D eigenvalue weighted by atomic mass is 32.2. The molecule has 0 saturated carbocycles. The average molecular weight is 296 g/mol. The van der Waals surface area contributed by atoms with Crippen molar-refractivity contribution in [1.82, 2.24) is 10.6 Å². The fraction of sp³-hybridized carbons (Fsp3) is 0.500. The van der Waals surface area contributed by atoms with E-state index in [9.17, 15) is 13.2 Å². The third kappa shape index (κ3) is 4.31. The van der Waals surface area contributed by atoms with Crippen LogP contribution in [0, 0.1) is 0 Å². The molecule has 20 heavy (non-hydrogen) atoms. The maximum atomic E-state index is 11.8. The van der Waals surface area contributed by atoms with Gasteiger partial charge in [0.05, 0.1) is 24.1 Å². The summed E-state index contributed by atoms with van der Waals surface area (Å²) in [6, 6.07) is 9.55. The highest BCUT2D eigenvalue weighted by Crippen LogP contribution is 2.12. The van der Waals surface area contributed by atoms with Crippen LogP contribution in [0.1, 0.15) is 24.9 Å². The first-order valence-corrected chi connectivity index (χ1v) is 8.56. The summed E-state index contributed by atoms with van der Waals surface area (Å²) in [6.07, 6.45) is 0.587. The van der Waals surface area contributed by atoms with Crippen molar-refractivity contribution in [2.75, 3.05) is 18.1 Å². The van der Waals surface area contributed by atoms with Gasteiger partial charge in [0.2, 0.25) is 5.91 Å². The van der Waals surface area contributed by atoms with Crippen LogP contribution in [0.25, 0.3) is 0 Å². The molecule has 6 heteroatoms. The van der Waals surface area contributed by atoms with Gasteiger partial charge in [-0.25, -0.2) is 8.42 Å². The summed E-state index contributed by atoms with van der Waals surface area (Å²) in [7, 11) is -2.90. The van der Waals surface area contributed by atoms with Gasteiger partial charge < -0.3 is 10.6 Å². The molecule has 0 radical (unpaired) electrons. The van der Waals surface area contributed by atoms with Crippen molar-refractivity contribution in [1.29, 1.82) is 0 Å². The van der Waals surface area contributed by atoms with Gasteiger partial charge in [-0.2, -0.15) is 0 Å². The van der Waals surface area contributed by atoms with Crippen LogP contribution in [0.4, 0.5) is 0 Å². The number of nitrogens with one attached hydrogen (secondary N) is 2. The molecule has 0 aromatic heterocycles. The van der Waals surface area contributed by atoms with E-state index in [1.807, 2.05) is 37.3 Å². The lowest BCUT2D eigenvalue weighted by molar-refractivity contribution is -0.121. The van der Waals surface area contributed by atoms with Gasteiger partial charge in [-0.3, -0.25) is 4.79 Å². The maximum Gasteiger partial charge on any atom is 0.234 e. The van der Waals surface area contributed by atoms with Crippen molar-refractivity contribution < 1.29 is 13.2 Å². The van der Waals surface area contributed by atoms with Crippen LogP contribution in [0.15, 0.2) is 30.3 Å². The van der Waals surface area contributed by atoms with Crippen molar-refractivity contribution in [3.05, 3.63) is 35.9 Å². The monoisotopic (exact) mass is 296 g/mol. The number of hydrogen-bond donors (Lipinski definition) is 2. The highest BCUT2D eigenvalue weighted by molar-refractivity contribution is 7.91. The predicted octanol–water partition coefficient (Wildman–Crippen LogP) is 0.641. The molecule has 1 amide bonds. The smallest absolute Gasteiger partial charge is 0.234 e. The minimum Gasteiger partial charge on any atom is -0.348 e. The van der Waals surface area contributed by atoms with E-state index in [4.69, 9.17) is 0 Å². The Balaban J connectivity index is 1.76. The molecule has 0 bridgehead atoms. The third-order valence-corrected chi connectivity index (χ3v) is 5.23. The quantitative estimate of drug-likeness (QED) is 0.836. The van der Waals surface area contributed by atoms with Gasteiger partial charge in [0.25, 0.3) is 0 Å². The molecule has 2 unspecified atom stereocenters. The van der Waals surface area contributed by atoms with E-state index < -0.39 is 9.84 Å². The summed E-state index contributed by atoms with van der Waals surface area (Å²) >= 11 is 0. The number of rotatable bonds is 5. The summed E-state index contributed by atoms with van der Waals surface area (Å²) in [5, 5.41) is 5.89. The lowest BCUT2D eigenvalue weighted by Gasteiger charge is -2.16. The first-order valence-electron chi connectivity index (χ1n) is 6.74. The van der Waals surface area contributed by atoms with Crippen LogP contribution < -0.4 is 10.6 Å². The van der Waals surface area contributed by atoms with Gasteiger partial charge in [0.1, 0.15) is 0 Å². The Hall–Kier alpha value is -1.40. The molecule has 2 rings (SSSR count). The fourth-order valence-corrected chi connectivity index (χ4v) is 4.02. The number of hydrogen-bond acceptors (Lipinski definition) is 4. The molecular formula is C14H20N2O3S. The zero-order valence-electron chi connectivity index (χ0n) is 11.5. The van der Waals surface area contributed by atoms with E-state index in [1.54, 1.807) is 0 Å². The minimum absolute atomic E-state index is 0.0576. The number of carbonyl (C=O) groups is 1. The third-order valence-electron chi connectivity index (χ3n) is 3.46. The van der Waals surface area contributed by atoms with Crippen molar-refractivity contribution >= 4 is 15.7 Å². The molecule has 2 N–H and O–H groups in total. The van der Waals surface area contributed by atoms with Crippen LogP contribution in [0.5, 0.6) is 0 Å². The summed E-state index contributed by atoms with van der Waals surface area (Å²) < 4.78 is 22.6. The molecule has 110 valence electrons. The van der Waals surface area contributed by atoms with E-state index in [1.165, 1.54) is 0 Å². The van der Waals surface area contributed by atoms with E-state index in [-0.39, 0.29) is 36.0 Å². The van der Waals surface area contributed by atoms with E-state index in [0.717, 1.165) is 5.56 Å². The lowest BCUT2D eigenvalue weighted by atomic mass is 10.1. The molecule has 5 nitrogen and oxygen atoms in total. The second-order valence-electron chi connectivity index (χ2n) is 5.18. The topological polar surface area (TPSA) is 75.3 Å². The summed E-state index contributed by atoms with van der Waals surface area (Å²) in [5.41, 5.74) is 1.05. The fourth-order valence-electron chi connectivity index (χ4n) is 2.31. The Bertz CT molecular complexity index is 557. The van der Waals surface area contributed by atoms with Gasteiger partial charge in [0.15, 0.2) is 9.84 Å². The largest absolute Gasteiger partial charge is 0.348 e. The average Bonchev–Trinajstić information content (AvgIpc) is 2.77. The van der Waals surface area contributed by atoms with Crippen molar-refractivity contribution in [3.63, 3.8) is 0 Å². The Morgan fingerprint density at radius 3 is 2.65 bits per heavy atom. The van der Waals surface area contributed by atoms with Gasteiger partial charge in [0, 0.05) is 6.04 Å². The van der Waals surface area contributed by atoms with Gasteiger partial charge in [-0.1, -0.05) is 30.3 Å². The molecule has 1 fully saturated rings.